The molecule has 0 aliphatic carbocycles. The number of carbonyl (C=O) groups excluding carboxylic acids is 2. The van der Waals surface area contributed by atoms with Gasteiger partial charge in [0.2, 0.25) is 0 Å². The molecule has 9 nitrogen and oxygen atoms in total. The second-order valence-electron chi connectivity index (χ2n) is 5.84. The first-order valence-corrected chi connectivity index (χ1v) is 8.28. The summed E-state index contributed by atoms with van der Waals surface area (Å²) in [5.74, 6) is -0.622. The Balaban J connectivity index is 1.88. The zero-order valence-electron chi connectivity index (χ0n) is 15.7. The van der Waals surface area contributed by atoms with Gasteiger partial charge < -0.3 is 19.5 Å². The topological polar surface area (TPSA) is 117 Å². The molecule has 1 amide bonds. The van der Waals surface area contributed by atoms with Crippen molar-refractivity contribution in [2.45, 2.75) is 13.8 Å². The number of esters is 1. The van der Waals surface area contributed by atoms with E-state index in [4.69, 9.17) is 14.2 Å². The normalized spacial score (nSPS) is 10.1. The Morgan fingerprint density at radius 1 is 1.14 bits per heavy atom. The van der Waals surface area contributed by atoms with E-state index in [1.165, 1.54) is 25.3 Å². The predicted octanol–water partition coefficient (Wildman–Crippen LogP) is 2.78. The summed E-state index contributed by atoms with van der Waals surface area (Å²) in [7, 11) is 1.37. The van der Waals surface area contributed by atoms with Gasteiger partial charge in [-0.3, -0.25) is 14.9 Å². The number of ether oxygens (including phenoxy) is 3. The summed E-state index contributed by atoms with van der Waals surface area (Å²) in [6, 6.07) is 9.43. The van der Waals surface area contributed by atoms with E-state index >= 15 is 0 Å². The number of aryl methyl sites for hydroxylation is 1. The number of nitro groups is 1. The summed E-state index contributed by atoms with van der Waals surface area (Å²) in [5, 5.41) is 13.4. The second kappa shape index (κ2) is 9.36. The van der Waals surface area contributed by atoms with Crippen LogP contribution in [0.4, 0.5) is 11.4 Å². The van der Waals surface area contributed by atoms with Crippen molar-refractivity contribution in [1.82, 2.24) is 0 Å². The van der Waals surface area contributed by atoms with Gasteiger partial charge in [0.05, 0.1) is 18.1 Å². The van der Waals surface area contributed by atoms with E-state index in [9.17, 15) is 19.7 Å². The van der Waals surface area contributed by atoms with Gasteiger partial charge in [-0.15, -0.1) is 0 Å². The zero-order chi connectivity index (χ0) is 20.7. The average molecular weight is 388 g/mol. The summed E-state index contributed by atoms with van der Waals surface area (Å²) in [4.78, 5) is 34.2. The number of hydrogen-bond donors (Lipinski definition) is 1. The molecule has 0 spiro atoms. The monoisotopic (exact) mass is 388 g/mol. The van der Waals surface area contributed by atoms with Gasteiger partial charge in [-0.2, -0.15) is 0 Å². The fourth-order valence-electron chi connectivity index (χ4n) is 2.29. The number of rotatable bonds is 8. The number of methoxy groups -OCH3 is 1. The fraction of sp³-hybridized carbons (Fsp3) is 0.263. The maximum Gasteiger partial charge on any atom is 0.344 e. The van der Waals surface area contributed by atoms with Gasteiger partial charge in [0.25, 0.3) is 11.6 Å². The van der Waals surface area contributed by atoms with E-state index in [2.05, 4.69) is 5.32 Å². The molecule has 28 heavy (non-hydrogen) atoms. The maximum atomic E-state index is 11.9. The van der Waals surface area contributed by atoms with E-state index in [0.29, 0.717) is 5.75 Å². The standard InChI is InChI=1S/C19H20N2O7/c1-12-5-4-6-17(13(12)2)27-11-19(23)28-10-18(22)20-15-8-7-14(26-3)9-16(15)21(24)25/h4-9H,10-11H2,1-3H3,(H,20,22). The Labute approximate surface area is 161 Å². The molecule has 2 aromatic carbocycles. The average Bonchev–Trinajstić information content (AvgIpc) is 2.67. The Kier molecular flexibility index (Phi) is 6.91. The van der Waals surface area contributed by atoms with Crippen LogP contribution < -0.4 is 14.8 Å². The molecule has 0 fully saturated rings. The molecule has 0 bridgehead atoms. The molecule has 0 unspecified atom stereocenters. The van der Waals surface area contributed by atoms with Gasteiger partial charge in [0.15, 0.2) is 13.2 Å². The third-order valence-corrected chi connectivity index (χ3v) is 3.94. The number of carbonyl (C=O) groups is 2. The van der Waals surface area contributed by atoms with E-state index in [0.717, 1.165) is 11.1 Å². The van der Waals surface area contributed by atoms with Crippen molar-refractivity contribution in [3.05, 3.63) is 57.6 Å². The Bertz CT molecular complexity index is 896. The van der Waals surface area contributed by atoms with E-state index in [1.54, 1.807) is 12.1 Å². The molecular weight excluding hydrogens is 368 g/mol. The molecule has 0 aromatic heterocycles. The van der Waals surface area contributed by atoms with Crippen molar-refractivity contribution in [3.8, 4) is 11.5 Å². The first-order valence-electron chi connectivity index (χ1n) is 8.28. The molecule has 2 rings (SSSR count). The number of amides is 1. The first-order chi connectivity index (χ1) is 13.3. The minimum absolute atomic E-state index is 0.0292. The second-order valence-corrected chi connectivity index (χ2v) is 5.84. The van der Waals surface area contributed by atoms with Crippen LogP contribution in [0.15, 0.2) is 36.4 Å². The third kappa shape index (κ3) is 5.44. The van der Waals surface area contributed by atoms with Crippen LogP contribution in [-0.2, 0) is 14.3 Å². The molecule has 0 heterocycles. The molecule has 0 saturated carbocycles. The number of nitrogens with zero attached hydrogens (tertiary/aromatic N) is 1. The van der Waals surface area contributed by atoms with Gasteiger partial charge >= 0.3 is 5.97 Å². The van der Waals surface area contributed by atoms with Crippen LogP contribution in [0, 0.1) is 24.0 Å². The molecule has 148 valence electrons. The van der Waals surface area contributed by atoms with E-state index in [-0.39, 0.29) is 23.7 Å². The Morgan fingerprint density at radius 3 is 2.57 bits per heavy atom. The highest BCUT2D eigenvalue weighted by Gasteiger charge is 2.18. The van der Waals surface area contributed by atoms with Crippen molar-refractivity contribution in [3.63, 3.8) is 0 Å². The maximum absolute atomic E-state index is 11.9. The lowest BCUT2D eigenvalue weighted by molar-refractivity contribution is -0.384. The number of benzene rings is 2. The highest BCUT2D eigenvalue weighted by molar-refractivity contribution is 5.95. The molecule has 0 radical (unpaired) electrons. The molecule has 0 atom stereocenters. The van der Waals surface area contributed by atoms with Gasteiger partial charge in [-0.05, 0) is 43.2 Å². The fourth-order valence-corrected chi connectivity index (χ4v) is 2.29. The van der Waals surface area contributed by atoms with Crippen LogP contribution in [0.25, 0.3) is 0 Å². The summed E-state index contributed by atoms with van der Waals surface area (Å²) in [6.45, 7) is 2.83. The van der Waals surface area contributed by atoms with Crippen molar-refractivity contribution >= 4 is 23.3 Å². The third-order valence-electron chi connectivity index (χ3n) is 3.94. The van der Waals surface area contributed by atoms with Gasteiger partial charge in [0.1, 0.15) is 17.2 Å². The van der Waals surface area contributed by atoms with Crippen molar-refractivity contribution in [2.75, 3.05) is 25.6 Å². The first kappa shape index (κ1) is 20.7. The van der Waals surface area contributed by atoms with Crippen molar-refractivity contribution < 1.29 is 28.7 Å². The van der Waals surface area contributed by atoms with E-state index in [1.807, 2.05) is 19.9 Å². The number of hydrogen-bond acceptors (Lipinski definition) is 7. The lowest BCUT2D eigenvalue weighted by Crippen LogP contribution is -2.24. The Hall–Kier alpha value is -3.62. The minimum atomic E-state index is -0.736. The van der Waals surface area contributed by atoms with E-state index < -0.39 is 23.4 Å². The number of nitrogens with one attached hydrogen (secondary N) is 1. The molecule has 2 aromatic rings. The van der Waals surface area contributed by atoms with Crippen LogP contribution in [0.1, 0.15) is 11.1 Å². The van der Waals surface area contributed by atoms with Gasteiger partial charge in [0, 0.05) is 0 Å². The summed E-state index contributed by atoms with van der Waals surface area (Å²) in [6.07, 6.45) is 0. The van der Waals surface area contributed by atoms with Crippen LogP contribution in [-0.4, -0.2) is 37.1 Å². The van der Waals surface area contributed by atoms with Crippen molar-refractivity contribution in [2.24, 2.45) is 0 Å². The number of nitro benzene ring substituents is 1. The van der Waals surface area contributed by atoms with Crippen LogP contribution in [0.3, 0.4) is 0 Å². The van der Waals surface area contributed by atoms with Gasteiger partial charge in [-0.1, -0.05) is 12.1 Å². The quantitative estimate of drug-likeness (QED) is 0.420. The molecule has 0 aliphatic heterocycles. The van der Waals surface area contributed by atoms with Crippen LogP contribution in [0.5, 0.6) is 11.5 Å². The van der Waals surface area contributed by atoms with Crippen LogP contribution >= 0.6 is 0 Å². The molecule has 0 aliphatic rings. The van der Waals surface area contributed by atoms with Gasteiger partial charge in [-0.25, -0.2) is 4.79 Å². The lowest BCUT2D eigenvalue weighted by Gasteiger charge is -2.11. The highest BCUT2D eigenvalue weighted by Crippen LogP contribution is 2.28. The molecule has 0 saturated heterocycles. The smallest absolute Gasteiger partial charge is 0.344 e. The predicted molar refractivity (Wildman–Crippen MR) is 101 cm³/mol. The SMILES string of the molecule is COc1ccc(NC(=O)COC(=O)COc2cccc(C)c2C)c([N+](=O)[O-])c1. The summed E-state index contributed by atoms with van der Waals surface area (Å²) < 4.78 is 15.2. The largest absolute Gasteiger partial charge is 0.496 e. The Morgan fingerprint density at radius 2 is 1.89 bits per heavy atom. The summed E-state index contributed by atoms with van der Waals surface area (Å²) in [5.41, 5.74) is 1.56. The highest BCUT2D eigenvalue weighted by atomic mass is 16.6. The number of anilines is 1. The minimum Gasteiger partial charge on any atom is -0.496 e. The molecular formula is C19H20N2O7. The molecule has 1 N–H and O–H groups in total. The summed E-state index contributed by atoms with van der Waals surface area (Å²) >= 11 is 0. The zero-order valence-corrected chi connectivity index (χ0v) is 15.7. The van der Waals surface area contributed by atoms with Crippen molar-refractivity contribution in [1.29, 1.82) is 0 Å². The van der Waals surface area contributed by atoms with Crippen LogP contribution in [0.2, 0.25) is 0 Å². The molecule has 9 heteroatoms. The lowest BCUT2D eigenvalue weighted by atomic mass is 10.1.